The molecule has 0 radical (unpaired) electrons. The first-order valence-electron chi connectivity index (χ1n) is 13.4. The molecule has 40 heavy (non-hydrogen) atoms. The van der Waals surface area contributed by atoms with Crippen LogP contribution in [0, 0.1) is 11.3 Å². The molecule has 0 spiro atoms. The smallest absolute Gasteiger partial charge is 0.453 e. The zero-order chi connectivity index (χ0) is 29.3. The van der Waals surface area contributed by atoms with Crippen LogP contribution in [0.3, 0.4) is 0 Å². The lowest BCUT2D eigenvalue weighted by atomic mass is 9.76. The van der Waals surface area contributed by atoms with Crippen LogP contribution in [0.1, 0.15) is 32.3 Å². The Hall–Kier alpha value is -3.60. The van der Waals surface area contributed by atoms with E-state index in [1.807, 2.05) is 50.2 Å². The summed E-state index contributed by atoms with van der Waals surface area (Å²) in [6.07, 6.45) is 1.17. The monoisotopic (exact) mass is 555 g/mol. The maximum Gasteiger partial charge on any atom is 0.475 e. The van der Waals surface area contributed by atoms with Crippen LogP contribution in [0.2, 0.25) is 0 Å². The van der Waals surface area contributed by atoms with Gasteiger partial charge in [0.05, 0.1) is 19.6 Å². The molecule has 2 aliphatic heterocycles. The zero-order valence-electron chi connectivity index (χ0n) is 23.3. The second-order valence-corrected chi connectivity index (χ2v) is 10.5. The number of carbonyl (C=O) groups is 3. The van der Waals surface area contributed by atoms with E-state index >= 15 is 0 Å². The number of piperidine rings is 1. The van der Waals surface area contributed by atoms with Gasteiger partial charge in [0.1, 0.15) is 17.7 Å². The first-order valence-corrected chi connectivity index (χ1v) is 13.4. The molecule has 12 nitrogen and oxygen atoms in total. The molecule has 1 aromatic rings. The summed E-state index contributed by atoms with van der Waals surface area (Å²) in [5, 5.41) is 31.8. The zero-order valence-corrected chi connectivity index (χ0v) is 23.3. The van der Waals surface area contributed by atoms with Gasteiger partial charge in [0.25, 0.3) is 5.91 Å². The van der Waals surface area contributed by atoms with Crippen molar-refractivity contribution in [1.82, 2.24) is 20.0 Å². The van der Waals surface area contributed by atoms with Crippen LogP contribution in [0.5, 0.6) is 0 Å². The number of methoxy groups -OCH3 is 1. The molecule has 2 fully saturated rings. The van der Waals surface area contributed by atoms with Crippen LogP contribution in [-0.2, 0) is 20.7 Å². The molecule has 13 heteroatoms. The average Bonchev–Trinajstić information content (AvgIpc) is 2.95. The molecule has 3 rings (SSSR count). The molecule has 2 aliphatic rings. The summed E-state index contributed by atoms with van der Waals surface area (Å²) < 4.78 is 10.3. The first-order chi connectivity index (χ1) is 19.0. The number of nitrogens with one attached hydrogen (secondary N) is 1. The van der Waals surface area contributed by atoms with Crippen molar-refractivity contribution >= 4 is 25.2 Å². The molecule has 216 valence electrons. The van der Waals surface area contributed by atoms with Gasteiger partial charge in [-0.25, -0.2) is 9.59 Å². The van der Waals surface area contributed by atoms with Gasteiger partial charge in [0.2, 0.25) is 0 Å². The number of alkyl carbamates (subject to hydrolysis) is 1. The number of nitriles is 1. The second kappa shape index (κ2) is 14.2. The van der Waals surface area contributed by atoms with E-state index in [0.29, 0.717) is 45.6 Å². The number of rotatable bonds is 8. The molecule has 0 unspecified atom stereocenters. The molecule has 2 saturated heterocycles. The highest BCUT2D eigenvalue weighted by atomic mass is 16.6. The molecule has 0 aromatic heterocycles. The van der Waals surface area contributed by atoms with Gasteiger partial charge in [-0.1, -0.05) is 30.3 Å². The van der Waals surface area contributed by atoms with Crippen molar-refractivity contribution < 1.29 is 33.9 Å². The minimum absolute atomic E-state index is 0.00294. The van der Waals surface area contributed by atoms with E-state index in [9.17, 15) is 29.7 Å². The number of hydrogen-bond acceptors (Lipinski definition) is 9. The van der Waals surface area contributed by atoms with Gasteiger partial charge in [-0.15, -0.1) is 0 Å². The Morgan fingerprint density at radius 2 is 1.82 bits per heavy atom. The van der Waals surface area contributed by atoms with Crippen LogP contribution in [0.15, 0.2) is 42.0 Å². The van der Waals surface area contributed by atoms with Crippen LogP contribution < -0.4 is 5.32 Å². The molecule has 3 amide bonds. The number of piperazine rings is 1. The van der Waals surface area contributed by atoms with Crippen LogP contribution >= 0.6 is 0 Å². The minimum Gasteiger partial charge on any atom is -0.453 e. The highest BCUT2D eigenvalue weighted by Crippen LogP contribution is 2.23. The molecule has 2 heterocycles. The summed E-state index contributed by atoms with van der Waals surface area (Å²) in [6, 6.07) is 11.1. The summed E-state index contributed by atoms with van der Waals surface area (Å²) >= 11 is 0. The molecule has 2 atom stereocenters. The third kappa shape index (κ3) is 8.45. The predicted molar refractivity (Wildman–Crippen MR) is 147 cm³/mol. The van der Waals surface area contributed by atoms with Crippen molar-refractivity contribution in [2.45, 2.75) is 50.7 Å². The number of amides is 3. The molecular weight excluding hydrogens is 517 g/mol. The van der Waals surface area contributed by atoms with Gasteiger partial charge >= 0.3 is 19.3 Å². The Kier molecular flexibility index (Phi) is 11.0. The molecule has 1 aromatic carbocycles. The van der Waals surface area contributed by atoms with Crippen LogP contribution in [0.25, 0.3) is 0 Å². The summed E-state index contributed by atoms with van der Waals surface area (Å²) in [5.41, 5.74) is 0.198. The largest absolute Gasteiger partial charge is 0.475 e. The van der Waals surface area contributed by atoms with Crippen molar-refractivity contribution in [2.24, 2.45) is 0 Å². The van der Waals surface area contributed by atoms with Crippen molar-refractivity contribution in [3.05, 3.63) is 47.5 Å². The van der Waals surface area contributed by atoms with Crippen molar-refractivity contribution in [3.8, 4) is 6.07 Å². The fourth-order valence-corrected chi connectivity index (χ4v) is 5.01. The maximum atomic E-state index is 13.3. The highest BCUT2D eigenvalue weighted by molar-refractivity contribution is 6.43. The van der Waals surface area contributed by atoms with E-state index in [1.54, 1.807) is 11.0 Å². The van der Waals surface area contributed by atoms with E-state index in [4.69, 9.17) is 9.47 Å². The number of ether oxygens (including phenoxy) is 2. The Morgan fingerprint density at radius 3 is 2.42 bits per heavy atom. The summed E-state index contributed by atoms with van der Waals surface area (Å²) in [6.45, 7) is 6.46. The normalized spacial score (nSPS) is 19.3. The third-order valence-corrected chi connectivity index (χ3v) is 7.28. The van der Waals surface area contributed by atoms with Gasteiger partial charge in [-0.2, -0.15) is 5.26 Å². The Morgan fingerprint density at radius 1 is 1.15 bits per heavy atom. The first kappa shape index (κ1) is 30.9. The quantitative estimate of drug-likeness (QED) is 0.241. The van der Waals surface area contributed by atoms with Crippen LogP contribution in [-0.4, -0.2) is 114 Å². The molecule has 0 saturated carbocycles. The number of likely N-dealkylation sites (tertiary alicyclic amines) is 1. The van der Waals surface area contributed by atoms with Crippen molar-refractivity contribution in [3.63, 3.8) is 0 Å². The SMILES string of the molecule is COC(=O)N1CCN(C(C)(C)C=C(C#N)C(=O)N2CCC[C@H](OC(=O)N[C@@H](Cc3ccccc3)B(O)O)C2)CC1. The third-order valence-electron chi connectivity index (χ3n) is 7.28. The average molecular weight is 555 g/mol. The molecule has 3 N–H and O–H groups in total. The van der Waals surface area contributed by atoms with Crippen molar-refractivity contribution in [1.29, 1.82) is 5.26 Å². The number of nitrogens with zero attached hydrogens (tertiary/aromatic N) is 4. The van der Waals surface area contributed by atoms with E-state index < -0.39 is 36.7 Å². The fraction of sp³-hybridized carbons (Fsp3) is 0.556. The summed E-state index contributed by atoms with van der Waals surface area (Å²) in [5.74, 6) is -1.41. The van der Waals surface area contributed by atoms with Gasteiger partial charge in [-0.05, 0) is 44.7 Å². The van der Waals surface area contributed by atoms with E-state index in [-0.39, 0.29) is 24.6 Å². The Labute approximate surface area is 235 Å². The fourth-order valence-electron chi connectivity index (χ4n) is 5.01. The van der Waals surface area contributed by atoms with Gasteiger partial charge in [-0.3, -0.25) is 9.69 Å². The van der Waals surface area contributed by atoms with Gasteiger partial charge < -0.3 is 34.6 Å². The number of hydrogen-bond donors (Lipinski definition) is 3. The lowest BCUT2D eigenvalue weighted by molar-refractivity contribution is -0.129. The lowest BCUT2D eigenvalue weighted by Gasteiger charge is -2.42. The van der Waals surface area contributed by atoms with E-state index in [0.717, 1.165) is 5.56 Å². The predicted octanol–water partition coefficient (Wildman–Crippen LogP) is 0.939. The lowest BCUT2D eigenvalue weighted by Crippen LogP contribution is -2.55. The minimum atomic E-state index is -1.78. The summed E-state index contributed by atoms with van der Waals surface area (Å²) in [7, 11) is -0.441. The molecule has 0 aliphatic carbocycles. The standard InChI is InChI=1S/C27H38BN5O7/c1-27(2,33-14-12-31(13-15-33)26(36)39-3)17-21(18-29)24(34)32-11-7-10-22(19-32)40-25(35)30-23(28(37)38)16-20-8-5-4-6-9-20/h4-6,8-9,17,22-23,37-38H,7,10-16,19H2,1-3H3,(H,30,35)/t22-,23-/m0/s1. The topological polar surface area (TPSA) is 156 Å². The Bertz CT molecular complexity index is 1100. The number of carbonyl (C=O) groups excluding carboxylic acids is 3. The van der Waals surface area contributed by atoms with E-state index in [1.165, 1.54) is 12.0 Å². The Balaban J connectivity index is 1.58. The maximum absolute atomic E-state index is 13.3. The van der Waals surface area contributed by atoms with Crippen molar-refractivity contribution in [2.75, 3.05) is 46.4 Å². The van der Waals surface area contributed by atoms with Gasteiger partial charge in [0, 0.05) is 38.3 Å². The van der Waals surface area contributed by atoms with Crippen LogP contribution in [0.4, 0.5) is 9.59 Å². The summed E-state index contributed by atoms with van der Waals surface area (Å²) in [4.78, 5) is 42.9. The molecular formula is C27H38BN5O7. The molecule has 0 bridgehead atoms. The second-order valence-electron chi connectivity index (χ2n) is 10.5. The van der Waals surface area contributed by atoms with E-state index in [2.05, 4.69) is 10.2 Å². The number of benzene rings is 1. The highest BCUT2D eigenvalue weighted by Gasteiger charge is 2.34. The van der Waals surface area contributed by atoms with Gasteiger partial charge in [0.15, 0.2) is 0 Å².